The third kappa shape index (κ3) is 1.88. The molecule has 2 heteroatoms. The molecule has 0 spiro atoms. The molecule has 0 amide bonds. The first-order chi connectivity index (χ1) is 9.33. The van der Waals surface area contributed by atoms with Crippen LogP contribution in [0, 0.1) is 11.3 Å². The van der Waals surface area contributed by atoms with Crippen molar-refractivity contribution in [1.29, 1.82) is 5.26 Å². The van der Waals surface area contributed by atoms with Gasteiger partial charge in [0.1, 0.15) is 6.04 Å². The van der Waals surface area contributed by atoms with Gasteiger partial charge in [0.2, 0.25) is 0 Å². The van der Waals surface area contributed by atoms with E-state index in [1.54, 1.807) is 0 Å². The van der Waals surface area contributed by atoms with E-state index in [1.807, 2.05) is 36.4 Å². The fourth-order valence-electron chi connectivity index (χ4n) is 3.04. The topological polar surface area (TPSA) is 27.0 Å². The summed E-state index contributed by atoms with van der Waals surface area (Å²) in [4.78, 5) is 2.21. The lowest BCUT2D eigenvalue weighted by Gasteiger charge is -2.52. The summed E-state index contributed by atoms with van der Waals surface area (Å²) in [5, 5.41) is 9.48. The lowest BCUT2D eigenvalue weighted by Crippen LogP contribution is -2.60. The van der Waals surface area contributed by atoms with E-state index in [0.717, 1.165) is 5.69 Å². The van der Waals surface area contributed by atoms with Crippen LogP contribution in [0.3, 0.4) is 0 Å². The molecule has 0 saturated carbocycles. The van der Waals surface area contributed by atoms with Crippen LogP contribution in [0.2, 0.25) is 0 Å². The zero-order valence-corrected chi connectivity index (χ0v) is 10.9. The Kier molecular flexibility index (Phi) is 2.97. The Morgan fingerprint density at radius 1 is 0.947 bits per heavy atom. The quantitative estimate of drug-likeness (QED) is 0.812. The average Bonchev–Trinajstić information content (AvgIpc) is 2.47. The van der Waals surface area contributed by atoms with E-state index in [-0.39, 0.29) is 6.04 Å². The molecule has 94 valence electrons. The van der Waals surface area contributed by atoms with Crippen molar-refractivity contribution < 1.29 is 0 Å². The normalized spacial score (nSPS) is 25.5. The number of hydrogen-bond donors (Lipinski definition) is 0. The van der Waals surface area contributed by atoms with Crippen LogP contribution in [-0.2, 0) is 0 Å². The fourth-order valence-corrected chi connectivity index (χ4v) is 3.04. The van der Waals surface area contributed by atoms with Crippen molar-refractivity contribution in [3.05, 3.63) is 66.2 Å². The molecule has 2 aromatic carbocycles. The van der Waals surface area contributed by atoms with Crippen LogP contribution >= 0.6 is 0 Å². The van der Waals surface area contributed by atoms with Crippen LogP contribution in [-0.4, -0.2) is 12.1 Å². The lowest BCUT2D eigenvalue weighted by atomic mass is 9.76. The molecule has 0 unspecified atom stereocenters. The Morgan fingerprint density at radius 3 is 2.11 bits per heavy atom. The maximum Gasteiger partial charge on any atom is 0.126 e. The maximum absolute atomic E-state index is 9.48. The summed E-state index contributed by atoms with van der Waals surface area (Å²) in [5.74, 6) is 0.298. The Bertz CT molecular complexity index is 538. The molecule has 1 heterocycles. The second-order valence-electron chi connectivity index (χ2n) is 4.99. The molecule has 2 aromatic rings. The Labute approximate surface area is 113 Å². The molecule has 1 aliphatic heterocycles. The summed E-state index contributed by atoms with van der Waals surface area (Å²) in [6.45, 7) is 2.19. The van der Waals surface area contributed by atoms with Crippen LogP contribution in [0.1, 0.15) is 18.4 Å². The first-order valence-corrected chi connectivity index (χ1v) is 6.61. The Morgan fingerprint density at radius 2 is 1.53 bits per heavy atom. The molecule has 0 aromatic heterocycles. The van der Waals surface area contributed by atoms with Crippen molar-refractivity contribution in [2.45, 2.75) is 24.9 Å². The van der Waals surface area contributed by atoms with Crippen LogP contribution in [0.5, 0.6) is 0 Å². The number of benzene rings is 2. The fraction of sp³-hybridized carbons (Fsp3) is 0.235. The van der Waals surface area contributed by atoms with E-state index in [4.69, 9.17) is 0 Å². The third-order valence-corrected chi connectivity index (χ3v) is 3.97. The van der Waals surface area contributed by atoms with Crippen molar-refractivity contribution >= 4 is 5.69 Å². The molecule has 0 N–H and O–H groups in total. The monoisotopic (exact) mass is 248 g/mol. The van der Waals surface area contributed by atoms with Crippen molar-refractivity contribution in [2.75, 3.05) is 4.90 Å². The third-order valence-electron chi connectivity index (χ3n) is 3.97. The van der Waals surface area contributed by atoms with Crippen molar-refractivity contribution in [3.63, 3.8) is 0 Å². The zero-order chi connectivity index (χ0) is 13.2. The van der Waals surface area contributed by atoms with Crippen molar-refractivity contribution in [1.82, 2.24) is 0 Å². The predicted octanol–water partition coefficient (Wildman–Crippen LogP) is 3.57. The molecule has 1 aliphatic rings. The first-order valence-electron chi connectivity index (χ1n) is 6.61. The number of anilines is 1. The van der Waals surface area contributed by atoms with E-state index in [2.05, 4.69) is 42.2 Å². The lowest BCUT2D eigenvalue weighted by molar-refractivity contribution is 0.348. The van der Waals surface area contributed by atoms with Gasteiger partial charge in [0.25, 0.3) is 0 Å². The van der Waals surface area contributed by atoms with Gasteiger partial charge in [-0.3, -0.25) is 0 Å². The highest BCUT2D eigenvalue weighted by molar-refractivity contribution is 5.57. The summed E-state index contributed by atoms with van der Waals surface area (Å²) < 4.78 is 0. The smallest absolute Gasteiger partial charge is 0.126 e. The van der Waals surface area contributed by atoms with Gasteiger partial charge >= 0.3 is 0 Å². The van der Waals surface area contributed by atoms with E-state index in [1.165, 1.54) is 5.56 Å². The summed E-state index contributed by atoms with van der Waals surface area (Å²) in [7, 11) is 0. The molecule has 19 heavy (non-hydrogen) atoms. The standard InChI is InChI=1S/C17H16N2/c1-13-17(14-8-4-2-5-9-14)16(12-18)19(13)15-10-6-3-7-11-15/h2-11,13,16-17H,1H3/t13-,16+,17+/m0/s1. The first kappa shape index (κ1) is 11.8. The number of rotatable bonds is 2. The number of hydrogen-bond acceptors (Lipinski definition) is 2. The molecular weight excluding hydrogens is 232 g/mol. The summed E-state index contributed by atoms with van der Waals surface area (Å²) in [6, 6.07) is 23.3. The molecule has 3 atom stereocenters. The Balaban J connectivity index is 1.91. The second-order valence-corrected chi connectivity index (χ2v) is 4.99. The van der Waals surface area contributed by atoms with Gasteiger partial charge < -0.3 is 4.90 Å². The van der Waals surface area contributed by atoms with E-state index in [0.29, 0.717) is 12.0 Å². The summed E-state index contributed by atoms with van der Waals surface area (Å²) >= 11 is 0. The molecule has 3 rings (SSSR count). The van der Waals surface area contributed by atoms with Gasteiger partial charge in [0.15, 0.2) is 0 Å². The van der Waals surface area contributed by atoms with Crippen LogP contribution < -0.4 is 4.90 Å². The van der Waals surface area contributed by atoms with Gasteiger partial charge in [-0.15, -0.1) is 0 Å². The van der Waals surface area contributed by atoms with Crippen molar-refractivity contribution in [3.8, 4) is 6.07 Å². The number of nitrogens with zero attached hydrogens (tertiary/aromatic N) is 2. The Hall–Kier alpha value is -2.27. The highest BCUT2D eigenvalue weighted by Gasteiger charge is 2.46. The zero-order valence-electron chi connectivity index (χ0n) is 10.9. The minimum absolute atomic E-state index is 0.0696. The SMILES string of the molecule is C[C@H]1[C@H](c2ccccc2)[C@@H](C#N)N1c1ccccc1. The minimum atomic E-state index is -0.0696. The van der Waals surface area contributed by atoms with E-state index < -0.39 is 0 Å². The molecule has 0 bridgehead atoms. The van der Waals surface area contributed by atoms with Gasteiger partial charge in [0, 0.05) is 17.6 Å². The molecule has 2 nitrogen and oxygen atoms in total. The summed E-state index contributed by atoms with van der Waals surface area (Å²) in [6.07, 6.45) is 0. The maximum atomic E-state index is 9.48. The van der Waals surface area contributed by atoms with Gasteiger partial charge in [-0.25, -0.2) is 0 Å². The number of para-hydroxylation sites is 1. The van der Waals surface area contributed by atoms with Crippen LogP contribution in [0.25, 0.3) is 0 Å². The predicted molar refractivity (Wildman–Crippen MR) is 77.0 cm³/mol. The molecule has 0 radical (unpaired) electrons. The largest absolute Gasteiger partial charge is 0.352 e. The molecule has 1 saturated heterocycles. The average molecular weight is 248 g/mol. The molecule has 0 aliphatic carbocycles. The van der Waals surface area contributed by atoms with Crippen LogP contribution in [0.15, 0.2) is 60.7 Å². The van der Waals surface area contributed by atoms with Crippen molar-refractivity contribution in [2.24, 2.45) is 0 Å². The van der Waals surface area contributed by atoms with Crippen LogP contribution in [0.4, 0.5) is 5.69 Å². The highest BCUT2D eigenvalue weighted by Crippen LogP contribution is 2.42. The minimum Gasteiger partial charge on any atom is -0.352 e. The van der Waals surface area contributed by atoms with Gasteiger partial charge in [-0.05, 0) is 24.6 Å². The van der Waals surface area contributed by atoms with Gasteiger partial charge in [-0.1, -0.05) is 48.5 Å². The van der Waals surface area contributed by atoms with E-state index in [9.17, 15) is 5.26 Å². The highest BCUT2D eigenvalue weighted by atomic mass is 15.3. The van der Waals surface area contributed by atoms with E-state index >= 15 is 0 Å². The molecule has 1 fully saturated rings. The summed E-state index contributed by atoms with van der Waals surface area (Å²) in [5.41, 5.74) is 2.39. The second kappa shape index (κ2) is 4.78. The van der Waals surface area contributed by atoms with Gasteiger partial charge in [0.05, 0.1) is 6.07 Å². The molecular formula is C17H16N2. The number of nitriles is 1. The van der Waals surface area contributed by atoms with Gasteiger partial charge in [-0.2, -0.15) is 5.26 Å².